The van der Waals surface area contributed by atoms with Crippen LogP contribution in [0.25, 0.3) is 0 Å². The van der Waals surface area contributed by atoms with Gasteiger partial charge in [0.05, 0.1) is 30.8 Å². The Morgan fingerprint density at radius 1 is 1.34 bits per heavy atom. The van der Waals surface area contributed by atoms with E-state index in [0.29, 0.717) is 6.42 Å². The Morgan fingerprint density at radius 2 is 2.03 bits per heavy atom. The van der Waals surface area contributed by atoms with E-state index in [4.69, 9.17) is 19.9 Å². The molecule has 0 radical (unpaired) electrons. The van der Waals surface area contributed by atoms with Crippen LogP contribution in [0.5, 0.6) is 0 Å². The molecule has 2 rings (SSSR count). The molecule has 5 N–H and O–H groups in total. The summed E-state index contributed by atoms with van der Waals surface area (Å²) in [7, 11) is 0. The number of aliphatic hydroxyl groups excluding tert-OH is 2. The topological polar surface area (TPSA) is 152 Å². The van der Waals surface area contributed by atoms with Crippen LogP contribution in [0.3, 0.4) is 0 Å². The molecule has 0 aromatic carbocycles. The predicted molar refractivity (Wildman–Crippen MR) is 144 cm³/mol. The number of amides is 1. The number of hydrogen-bond acceptors (Lipinski definition) is 8. The average Bonchev–Trinajstić information content (AvgIpc) is 3.60. The Hall–Kier alpha value is -2.20. The standard InChI is InChI=1S/C29H47NO8/c1-7-22(32)20(5)27-23(36-27)15-17(2)9-8-10-18(3)26-19(4)11-12-24(37-28(30)34)29(6,35)14-13-21(31)16-25(33)38-26/h8-12,17,19-24,26-27,31-32,35H,7,13-16H2,1-6H3,(H2,30,34)/b9-8+,12-11-,18-10+. The van der Waals surface area contributed by atoms with Crippen molar-refractivity contribution in [1.29, 1.82) is 0 Å². The minimum absolute atomic E-state index is 0.0915. The van der Waals surface area contributed by atoms with Crippen molar-refractivity contribution >= 4 is 12.1 Å². The number of rotatable bonds is 9. The van der Waals surface area contributed by atoms with Crippen LogP contribution < -0.4 is 5.73 Å². The van der Waals surface area contributed by atoms with Gasteiger partial charge in [-0.2, -0.15) is 0 Å². The van der Waals surface area contributed by atoms with E-state index in [1.807, 2.05) is 39.8 Å². The first-order valence-electron chi connectivity index (χ1n) is 13.7. The number of hydrogen-bond donors (Lipinski definition) is 4. The molecule has 0 bridgehead atoms. The maximum atomic E-state index is 12.6. The molecule has 1 saturated heterocycles. The van der Waals surface area contributed by atoms with Crippen molar-refractivity contribution in [3.8, 4) is 0 Å². The minimum atomic E-state index is -1.48. The highest BCUT2D eigenvalue weighted by Crippen LogP contribution is 2.36. The van der Waals surface area contributed by atoms with Crippen molar-refractivity contribution in [1.82, 2.24) is 0 Å². The fraction of sp³-hybridized carbons (Fsp3) is 0.724. The van der Waals surface area contributed by atoms with Gasteiger partial charge in [-0.15, -0.1) is 0 Å². The number of primary amides is 1. The summed E-state index contributed by atoms with van der Waals surface area (Å²) >= 11 is 0. The molecule has 10 atom stereocenters. The van der Waals surface area contributed by atoms with Gasteiger partial charge in [-0.05, 0) is 57.1 Å². The molecule has 0 aromatic rings. The van der Waals surface area contributed by atoms with Crippen LogP contribution in [0.15, 0.2) is 36.0 Å². The summed E-state index contributed by atoms with van der Waals surface area (Å²) in [5.74, 6) is -0.484. The monoisotopic (exact) mass is 537 g/mol. The fourth-order valence-corrected chi connectivity index (χ4v) is 4.91. The number of epoxide rings is 1. The van der Waals surface area contributed by atoms with Gasteiger partial charge in [0, 0.05) is 11.8 Å². The SMILES string of the molecule is CCC(O)C(C)C1OC1CC(C)/C=C/C=C(\C)C1OC(=O)CC(O)CCC(C)(O)C(OC(N)=O)/C=C\C1C. The van der Waals surface area contributed by atoms with Crippen LogP contribution in [0.4, 0.5) is 4.79 Å². The van der Waals surface area contributed by atoms with E-state index in [1.54, 1.807) is 12.2 Å². The van der Waals surface area contributed by atoms with Crippen LogP contribution in [0, 0.1) is 17.8 Å². The first-order valence-corrected chi connectivity index (χ1v) is 13.7. The molecule has 0 aliphatic carbocycles. The van der Waals surface area contributed by atoms with Crippen molar-refractivity contribution in [2.45, 2.75) is 116 Å². The average molecular weight is 538 g/mol. The molecule has 1 amide bonds. The van der Waals surface area contributed by atoms with E-state index in [1.165, 1.54) is 6.92 Å². The molecule has 0 aromatic heterocycles. The van der Waals surface area contributed by atoms with E-state index >= 15 is 0 Å². The van der Waals surface area contributed by atoms with Gasteiger partial charge in [0.15, 0.2) is 6.10 Å². The van der Waals surface area contributed by atoms with Gasteiger partial charge in [-0.3, -0.25) is 4.79 Å². The normalized spacial score (nSPS) is 36.3. The van der Waals surface area contributed by atoms with Crippen LogP contribution in [0.1, 0.15) is 73.6 Å². The zero-order valence-electron chi connectivity index (χ0n) is 23.6. The van der Waals surface area contributed by atoms with Gasteiger partial charge in [0.25, 0.3) is 0 Å². The number of nitrogens with two attached hydrogens (primary N) is 1. The molecule has 9 heteroatoms. The quantitative estimate of drug-likeness (QED) is 0.151. The van der Waals surface area contributed by atoms with Crippen molar-refractivity contribution < 1.29 is 39.1 Å². The third kappa shape index (κ3) is 9.84. The third-order valence-electron chi connectivity index (χ3n) is 7.58. The second kappa shape index (κ2) is 14.3. The number of allylic oxidation sites excluding steroid dienone is 3. The van der Waals surface area contributed by atoms with E-state index in [9.17, 15) is 24.9 Å². The summed E-state index contributed by atoms with van der Waals surface area (Å²) < 4.78 is 16.7. The van der Waals surface area contributed by atoms with Gasteiger partial charge in [0.2, 0.25) is 0 Å². The molecule has 2 aliphatic heterocycles. The Kier molecular flexibility index (Phi) is 12.0. The van der Waals surface area contributed by atoms with Gasteiger partial charge in [-0.1, -0.05) is 52.0 Å². The van der Waals surface area contributed by atoms with Crippen LogP contribution in [0.2, 0.25) is 0 Å². The summed E-state index contributed by atoms with van der Waals surface area (Å²) in [5.41, 5.74) is 4.53. The summed E-state index contributed by atoms with van der Waals surface area (Å²) in [6.07, 6.45) is 6.96. The first-order chi connectivity index (χ1) is 17.7. The molecule has 2 heterocycles. The highest BCUT2D eigenvalue weighted by Gasteiger charge is 2.45. The van der Waals surface area contributed by atoms with Crippen LogP contribution >= 0.6 is 0 Å². The molecule has 0 spiro atoms. The third-order valence-corrected chi connectivity index (χ3v) is 7.58. The fourth-order valence-electron chi connectivity index (χ4n) is 4.91. The smallest absolute Gasteiger partial charge is 0.405 e. The Balaban J connectivity index is 2.12. The van der Waals surface area contributed by atoms with Crippen molar-refractivity contribution in [3.05, 3.63) is 36.0 Å². The molecule has 38 heavy (non-hydrogen) atoms. The van der Waals surface area contributed by atoms with Gasteiger partial charge < -0.3 is 35.3 Å². The molecular formula is C29H47NO8. The number of carbonyl (C=O) groups excluding carboxylic acids is 2. The lowest BCUT2D eigenvalue weighted by atomic mass is 9.88. The van der Waals surface area contributed by atoms with Crippen LogP contribution in [-0.2, 0) is 19.0 Å². The Labute approximate surface area is 226 Å². The number of esters is 1. The van der Waals surface area contributed by atoms with Gasteiger partial charge in [0.1, 0.15) is 11.7 Å². The number of ether oxygens (including phenoxy) is 3. The van der Waals surface area contributed by atoms with E-state index < -0.39 is 36.0 Å². The van der Waals surface area contributed by atoms with E-state index in [2.05, 4.69) is 13.0 Å². The maximum absolute atomic E-state index is 12.6. The molecule has 9 nitrogen and oxygen atoms in total. The highest BCUT2D eigenvalue weighted by molar-refractivity contribution is 5.70. The molecule has 0 saturated carbocycles. The zero-order chi connectivity index (χ0) is 28.6. The van der Waals surface area contributed by atoms with E-state index in [0.717, 1.165) is 12.0 Å². The second-order valence-electron chi connectivity index (χ2n) is 11.2. The summed E-state index contributed by atoms with van der Waals surface area (Å²) in [6, 6.07) is 0. The highest BCUT2D eigenvalue weighted by atomic mass is 16.6. The van der Waals surface area contributed by atoms with Crippen molar-refractivity contribution in [2.75, 3.05) is 0 Å². The molecule has 2 aliphatic rings. The van der Waals surface area contributed by atoms with Crippen molar-refractivity contribution in [2.24, 2.45) is 23.5 Å². The van der Waals surface area contributed by atoms with Crippen LogP contribution in [-0.4, -0.2) is 69.6 Å². The van der Waals surface area contributed by atoms with Gasteiger partial charge >= 0.3 is 12.1 Å². The largest absolute Gasteiger partial charge is 0.457 e. The summed E-state index contributed by atoms with van der Waals surface area (Å²) in [5, 5.41) is 31.3. The molecular weight excluding hydrogens is 490 g/mol. The number of aliphatic hydroxyl groups is 3. The molecule has 216 valence electrons. The first kappa shape index (κ1) is 32.0. The zero-order valence-corrected chi connectivity index (χ0v) is 23.6. The lowest BCUT2D eigenvalue weighted by Crippen LogP contribution is -2.43. The predicted octanol–water partition coefficient (Wildman–Crippen LogP) is 3.55. The minimum Gasteiger partial charge on any atom is -0.457 e. The Morgan fingerprint density at radius 3 is 2.66 bits per heavy atom. The number of cyclic esters (lactones) is 1. The molecule has 10 unspecified atom stereocenters. The van der Waals surface area contributed by atoms with E-state index in [-0.39, 0.29) is 55.3 Å². The lowest BCUT2D eigenvalue weighted by Gasteiger charge is -2.32. The Bertz CT molecular complexity index is 882. The second-order valence-corrected chi connectivity index (χ2v) is 11.2. The summed E-state index contributed by atoms with van der Waals surface area (Å²) in [6.45, 7) is 11.3. The lowest BCUT2D eigenvalue weighted by molar-refractivity contribution is -0.151. The maximum Gasteiger partial charge on any atom is 0.405 e. The van der Waals surface area contributed by atoms with Crippen molar-refractivity contribution in [3.63, 3.8) is 0 Å². The van der Waals surface area contributed by atoms with Gasteiger partial charge in [-0.25, -0.2) is 4.79 Å². The summed E-state index contributed by atoms with van der Waals surface area (Å²) in [4.78, 5) is 24.0. The number of carbonyl (C=O) groups is 2. The molecule has 1 fully saturated rings.